The highest BCUT2D eigenvalue weighted by Crippen LogP contribution is 2.32. The Morgan fingerprint density at radius 1 is 1.12 bits per heavy atom. The van der Waals surface area contributed by atoms with Gasteiger partial charge in [-0.1, -0.05) is 12.1 Å². The number of anilines is 1. The van der Waals surface area contributed by atoms with Crippen LogP contribution in [-0.4, -0.2) is 17.7 Å². The van der Waals surface area contributed by atoms with Crippen LogP contribution < -0.4 is 5.32 Å². The van der Waals surface area contributed by atoms with Gasteiger partial charge in [0.2, 0.25) is 0 Å². The number of rotatable bonds is 5. The van der Waals surface area contributed by atoms with Crippen LogP contribution in [0.1, 0.15) is 18.1 Å². The summed E-state index contributed by atoms with van der Waals surface area (Å²) in [5.41, 5.74) is 5.97. The zero-order valence-corrected chi connectivity index (χ0v) is 14.3. The van der Waals surface area contributed by atoms with E-state index in [1.54, 1.807) is 19.2 Å². The lowest BCUT2D eigenvalue weighted by atomic mass is 9.96. The van der Waals surface area contributed by atoms with E-state index in [1.165, 1.54) is 12.3 Å². The summed E-state index contributed by atoms with van der Waals surface area (Å²) in [5.74, 6) is -0.220. The van der Waals surface area contributed by atoms with E-state index in [9.17, 15) is 4.39 Å². The van der Waals surface area contributed by atoms with Crippen molar-refractivity contribution in [2.24, 2.45) is 0 Å². The number of pyridine rings is 1. The fourth-order valence-corrected chi connectivity index (χ4v) is 2.86. The van der Waals surface area contributed by atoms with Crippen molar-refractivity contribution < 1.29 is 4.39 Å². The van der Waals surface area contributed by atoms with Gasteiger partial charge in [0.25, 0.3) is 0 Å². The summed E-state index contributed by atoms with van der Waals surface area (Å²) in [6, 6.07) is 14.9. The lowest BCUT2D eigenvalue weighted by Crippen LogP contribution is -2.00. The van der Waals surface area contributed by atoms with Crippen LogP contribution in [0.5, 0.6) is 0 Å². The topological polar surface area (TPSA) is 48.8 Å². The van der Waals surface area contributed by atoms with Gasteiger partial charge < -0.3 is 10.7 Å². The van der Waals surface area contributed by atoms with E-state index in [0.29, 0.717) is 5.56 Å². The minimum Gasteiger partial charge on any atom is -0.385 e. The molecule has 0 fully saturated rings. The summed E-state index contributed by atoms with van der Waals surface area (Å²) in [4.78, 5) is 4.52. The zero-order valence-electron chi connectivity index (χ0n) is 14.3. The lowest BCUT2D eigenvalue weighted by molar-refractivity contribution is 0.619. The summed E-state index contributed by atoms with van der Waals surface area (Å²) in [7, 11) is 0. The molecule has 0 atom stereocenters. The second kappa shape index (κ2) is 7.26. The first kappa shape index (κ1) is 16.8. The second-order valence-corrected chi connectivity index (χ2v) is 5.84. The van der Waals surface area contributed by atoms with Crippen LogP contribution in [0.15, 0.2) is 54.7 Å². The third kappa shape index (κ3) is 3.43. The normalized spacial score (nSPS) is 10.5. The molecule has 3 aromatic rings. The fourth-order valence-electron chi connectivity index (χ4n) is 2.86. The molecule has 0 aliphatic rings. The Kier molecular flexibility index (Phi) is 4.89. The molecule has 2 N–H and O–H groups in total. The highest BCUT2D eigenvalue weighted by Gasteiger charge is 2.11. The Morgan fingerprint density at radius 3 is 2.64 bits per heavy atom. The van der Waals surface area contributed by atoms with E-state index in [1.807, 2.05) is 43.3 Å². The van der Waals surface area contributed by atoms with Gasteiger partial charge in [0, 0.05) is 41.3 Å². The molecule has 4 heteroatoms. The van der Waals surface area contributed by atoms with Gasteiger partial charge in [-0.25, -0.2) is 4.39 Å². The molecule has 0 aliphatic carbocycles. The maximum atomic E-state index is 13.6. The van der Waals surface area contributed by atoms with Crippen LogP contribution in [0, 0.1) is 18.2 Å². The number of benzene rings is 2. The Balaban J connectivity index is 2.12. The first-order chi connectivity index (χ1) is 12.1. The van der Waals surface area contributed by atoms with Crippen molar-refractivity contribution >= 4 is 11.9 Å². The molecular weight excluding hydrogens is 313 g/mol. The van der Waals surface area contributed by atoms with Gasteiger partial charge >= 0.3 is 0 Å². The van der Waals surface area contributed by atoms with E-state index in [2.05, 4.69) is 10.3 Å². The molecule has 0 unspecified atom stereocenters. The molecule has 0 aliphatic heterocycles. The lowest BCUT2D eigenvalue weighted by Gasteiger charge is -2.13. The van der Waals surface area contributed by atoms with Gasteiger partial charge in [0.05, 0.1) is 5.69 Å². The van der Waals surface area contributed by atoms with E-state index < -0.39 is 0 Å². The van der Waals surface area contributed by atoms with Gasteiger partial charge in [-0.3, -0.25) is 4.98 Å². The van der Waals surface area contributed by atoms with Gasteiger partial charge in [-0.15, -0.1) is 0 Å². The van der Waals surface area contributed by atoms with Crippen LogP contribution in [-0.2, 0) is 0 Å². The van der Waals surface area contributed by atoms with Crippen LogP contribution in [0.4, 0.5) is 10.1 Å². The zero-order chi connectivity index (χ0) is 17.8. The summed E-state index contributed by atoms with van der Waals surface area (Å²) < 4.78 is 13.6. The standard InChI is InChI=1S/C21H20FN3/c1-3-24-20-9-7-15(12-17(20)13-23)18-5-4-10-25-21(18)16-6-8-19(22)14(2)11-16/h4-13,23-24H,3H2,1-2H3. The third-order valence-electron chi connectivity index (χ3n) is 4.12. The summed E-state index contributed by atoms with van der Waals surface area (Å²) in [6.07, 6.45) is 3.08. The number of hydrogen-bond donors (Lipinski definition) is 2. The predicted molar refractivity (Wildman–Crippen MR) is 102 cm³/mol. The third-order valence-corrected chi connectivity index (χ3v) is 4.12. The van der Waals surface area contributed by atoms with Crippen molar-refractivity contribution in [3.05, 3.63) is 71.7 Å². The maximum Gasteiger partial charge on any atom is 0.126 e. The molecule has 126 valence electrons. The molecule has 0 saturated carbocycles. The van der Waals surface area contributed by atoms with E-state index >= 15 is 0 Å². The van der Waals surface area contributed by atoms with Gasteiger partial charge in [0.1, 0.15) is 5.82 Å². The molecule has 1 heterocycles. The molecule has 0 spiro atoms. The Labute approximate surface area is 147 Å². The van der Waals surface area contributed by atoms with Gasteiger partial charge in [-0.2, -0.15) is 0 Å². The minimum absolute atomic E-state index is 0.220. The summed E-state index contributed by atoms with van der Waals surface area (Å²) >= 11 is 0. The van der Waals surface area contributed by atoms with E-state index in [-0.39, 0.29) is 5.82 Å². The molecule has 1 aromatic heterocycles. The number of aromatic nitrogens is 1. The number of nitrogens with one attached hydrogen (secondary N) is 2. The average Bonchev–Trinajstić information content (AvgIpc) is 2.64. The van der Waals surface area contributed by atoms with Crippen molar-refractivity contribution in [2.45, 2.75) is 13.8 Å². The largest absolute Gasteiger partial charge is 0.385 e. The Hall–Kier alpha value is -3.01. The van der Waals surface area contributed by atoms with Crippen molar-refractivity contribution in [1.82, 2.24) is 4.98 Å². The maximum absolute atomic E-state index is 13.6. The van der Waals surface area contributed by atoms with Crippen LogP contribution >= 0.6 is 0 Å². The van der Waals surface area contributed by atoms with Crippen LogP contribution in [0.3, 0.4) is 0 Å². The smallest absolute Gasteiger partial charge is 0.126 e. The van der Waals surface area contributed by atoms with E-state index in [4.69, 9.17) is 5.41 Å². The molecule has 3 rings (SSSR count). The minimum atomic E-state index is -0.220. The van der Waals surface area contributed by atoms with Gasteiger partial charge in [0.15, 0.2) is 0 Å². The molecule has 25 heavy (non-hydrogen) atoms. The predicted octanol–water partition coefficient (Wildman–Crippen LogP) is 5.29. The van der Waals surface area contributed by atoms with Crippen molar-refractivity contribution in [1.29, 1.82) is 5.41 Å². The van der Waals surface area contributed by atoms with Gasteiger partial charge in [-0.05, 0) is 61.4 Å². The second-order valence-electron chi connectivity index (χ2n) is 5.84. The highest BCUT2D eigenvalue weighted by molar-refractivity contribution is 5.90. The average molecular weight is 333 g/mol. The van der Waals surface area contributed by atoms with Crippen molar-refractivity contribution in [3.8, 4) is 22.4 Å². The highest BCUT2D eigenvalue weighted by atomic mass is 19.1. The Morgan fingerprint density at radius 2 is 1.92 bits per heavy atom. The van der Waals surface area contributed by atoms with Crippen LogP contribution in [0.25, 0.3) is 22.4 Å². The van der Waals surface area contributed by atoms with Crippen molar-refractivity contribution in [3.63, 3.8) is 0 Å². The summed E-state index contributed by atoms with van der Waals surface area (Å²) in [6.45, 7) is 4.57. The van der Waals surface area contributed by atoms with Crippen molar-refractivity contribution in [2.75, 3.05) is 11.9 Å². The molecular formula is C21H20FN3. The SMILES string of the molecule is CCNc1ccc(-c2cccnc2-c2ccc(F)c(C)c2)cc1C=N. The molecule has 0 radical (unpaired) electrons. The molecule has 0 bridgehead atoms. The monoisotopic (exact) mass is 333 g/mol. The molecule has 3 nitrogen and oxygen atoms in total. The van der Waals surface area contributed by atoms with Crippen LogP contribution in [0.2, 0.25) is 0 Å². The number of hydrogen-bond acceptors (Lipinski definition) is 3. The first-order valence-corrected chi connectivity index (χ1v) is 8.24. The fraction of sp³-hybridized carbons (Fsp3) is 0.143. The molecule has 0 amide bonds. The summed E-state index contributed by atoms with van der Waals surface area (Å²) in [5, 5.41) is 10.9. The molecule has 2 aromatic carbocycles. The quantitative estimate of drug-likeness (QED) is 0.623. The number of nitrogens with zero attached hydrogens (tertiary/aromatic N) is 1. The number of aryl methyl sites for hydroxylation is 1. The molecule has 0 saturated heterocycles. The first-order valence-electron chi connectivity index (χ1n) is 8.24. The number of halogens is 1. The van der Waals surface area contributed by atoms with E-state index in [0.717, 1.165) is 40.2 Å². The Bertz CT molecular complexity index is 919.